The van der Waals surface area contributed by atoms with Gasteiger partial charge in [0, 0.05) is 36.4 Å². The van der Waals surface area contributed by atoms with Crippen LogP contribution in [0.5, 0.6) is 5.75 Å². The van der Waals surface area contributed by atoms with Crippen LogP contribution in [0.1, 0.15) is 44.7 Å². The Morgan fingerprint density at radius 2 is 2.00 bits per heavy atom. The summed E-state index contributed by atoms with van der Waals surface area (Å²) < 4.78 is 0. The van der Waals surface area contributed by atoms with Crippen molar-refractivity contribution in [3.63, 3.8) is 0 Å². The number of hydrogen-bond donors (Lipinski definition) is 2. The van der Waals surface area contributed by atoms with Gasteiger partial charge in [0.2, 0.25) is 0 Å². The van der Waals surface area contributed by atoms with Crippen LogP contribution in [0.25, 0.3) is 0 Å². The Kier molecular flexibility index (Phi) is 4.12. The molecule has 1 aliphatic rings. The predicted octanol–water partition coefficient (Wildman–Crippen LogP) is 3.04. The highest BCUT2D eigenvalue weighted by Gasteiger charge is 2.27. The molecule has 2 rings (SSSR count). The number of aromatic hydroxyl groups is 1. The Bertz CT molecular complexity index is 397. The number of benzene rings is 1. The van der Waals surface area contributed by atoms with Crippen molar-refractivity contribution < 1.29 is 5.11 Å². The number of rotatable bonds is 5. The summed E-state index contributed by atoms with van der Waals surface area (Å²) >= 11 is 0. The molecule has 0 heterocycles. The van der Waals surface area contributed by atoms with Gasteiger partial charge in [0.25, 0.3) is 0 Å². The van der Waals surface area contributed by atoms with Crippen LogP contribution in [0, 0.1) is 5.92 Å². The van der Waals surface area contributed by atoms with Crippen molar-refractivity contribution in [1.29, 1.82) is 0 Å². The molecule has 1 fully saturated rings. The summed E-state index contributed by atoms with van der Waals surface area (Å²) in [5.74, 6) is 0.897. The van der Waals surface area contributed by atoms with Gasteiger partial charge >= 0.3 is 0 Å². The molecule has 0 radical (unpaired) electrons. The highest BCUT2D eigenvalue weighted by Crippen LogP contribution is 2.39. The Morgan fingerprint density at radius 1 is 1.33 bits per heavy atom. The van der Waals surface area contributed by atoms with Crippen LogP contribution in [0.4, 0.5) is 5.69 Å². The average Bonchev–Trinajstić information content (AvgIpc) is 2.28. The number of phenolic OH excluding ortho intramolecular Hbond substituents is 1. The Hall–Kier alpha value is -1.22. The predicted molar refractivity (Wildman–Crippen MR) is 75.9 cm³/mol. The van der Waals surface area contributed by atoms with Crippen molar-refractivity contribution in [2.75, 3.05) is 18.0 Å². The Morgan fingerprint density at radius 3 is 2.44 bits per heavy atom. The van der Waals surface area contributed by atoms with Crippen LogP contribution in [-0.2, 0) is 0 Å². The fourth-order valence-electron chi connectivity index (χ4n) is 2.65. The zero-order chi connectivity index (χ0) is 13.1. The molecule has 0 saturated heterocycles. The standard InChI is InChI=1S/C15H24N2O/c1-3-17(4-2)12-8-9-13(14(18)10-12)15(16)11-6-5-7-11/h8-11,15,18H,3-7,16H2,1-2H3/t15-/m1/s1. The molecule has 3 heteroatoms. The molecule has 1 saturated carbocycles. The highest BCUT2D eigenvalue weighted by molar-refractivity contribution is 5.54. The second-order valence-electron chi connectivity index (χ2n) is 5.13. The van der Waals surface area contributed by atoms with Gasteiger partial charge in [-0.1, -0.05) is 12.5 Å². The van der Waals surface area contributed by atoms with Gasteiger partial charge in [-0.3, -0.25) is 0 Å². The molecule has 0 aromatic heterocycles. The van der Waals surface area contributed by atoms with Crippen LogP contribution >= 0.6 is 0 Å². The van der Waals surface area contributed by atoms with Crippen LogP contribution in [0.2, 0.25) is 0 Å². The van der Waals surface area contributed by atoms with Gasteiger partial charge < -0.3 is 15.7 Å². The van der Waals surface area contributed by atoms with E-state index in [1.54, 1.807) is 0 Å². The normalized spacial score (nSPS) is 17.3. The molecule has 3 N–H and O–H groups in total. The summed E-state index contributed by atoms with van der Waals surface area (Å²) in [6.45, 7) is 6.14. The number of nitrogens with two attached hydrogens (primary N) is 1. The SMILES string of the molecule is CCN(CC)c1ccc([C@H](N)C2CCC2)c(O)c1. The first kappa shape index (κ1) is 13.2. The van der Waals surface area contributed by atoms with E-state index in [9.17, 15) is 5.11 Å². The lowest BCUT2D eigenvalue weighted by molar-refractivity contribution is 0.260. The van der Waals surface area contributed by atoms with Gasteiger partial charge in [-0.2, -0.15) is 0 Å². The lowest BCUT2D eigenvalue weighted by atomic mass is 9.77. The first-order chi connectivity index (χ1) is 8.67. The lowest BCUT2D eigenvalue weighted by Gasteiger charge is -2.32. The molecule has 0 amide bonds. The van der Waals surface area contributed by atoms with Crippen molar-refractivity contribution in [2.24, 2.45) is 11.7 Å². The molecular weight excluding hydrogens is 224 g/mol. The molecule has 1 aromatic rings. The van der Waals surface area contributed by atoms with Crippen molar-refractivity contribution >= 4 is 5.69 Å². The number of nitrogens with zero attached hydrogens (tertiary/aromatic N) is 1. The molecular formula is C15H24N2O. The fourth-order valence-corrected chi connectivity index (χ4v) is 2.65. The first-order valence-electron chi connectivity index (χ1n) is 7.00. The van der Waals surface area contributed by atoms with E-state index in [4.69, 9.17) is 5.73 Å². The summed E-state index contributed by atoms with van der Waals surface area (Å²) in [7, 11) is 0. The quantitative estimate of drug-likeness (QED) is 0.842. The molecule has 0 bridgehead atoms. The third-order valence-corrected chi connectivity index (χ3v) is 4.16. The number of anilines is 1. The summed E-state index contributed by atoms with van der Waals surface area (Å²) in [4.78, 5) is 2.22. The molecule has 0 unspecified atom stereocenters. The third kappa shape index (κ3) is 2.46. The molecule has 1 aromatic carbocycles. The summed E-state index contributed by atoms with van der Waals surface area (Å²) in [6.07, 6.45) is 3.66. The van der Waals surface area contributed by atoms with E-state index in [2.05, 4.69) is 24.8 Å². The molecule has 1 aliphatic carbocycles. The van der Waals surface area contributed by atoms with Gasteiger partial charge in [-0.25, -0.2) is 0 Å². The van der Waals surface area contributed by atoms with E-state index in [-0.39, 0.29) is 6.04 Å². The molecule has 0 aliphatic heterocycles. The lowest BCUT2D eigenvalue weighted by Crippen LogP contribution is -2.27. The maximum atomic E-state index is 10.2. The topological polar surface area (TPSA) is 49.5 Å². The molecule has 1 atom stereocenters. The molecule has 0 spiro atoms. The van der Waals surface area contributed by atoms with Gasteiger partial charge in [-0.05, 0) is 38.7 Å². The number of hydrogen-bond acceptors (Lipinski definition) is 3. The smallest absolute Gasteiger partial charge is 0.122 e. The van der Waals surface area contributed by atoms with E-state index in [1.165, 1.54) is 19.3 Å². The Labute approximate surface area is 110 Å². The fraction of sp³-hybridized carbons (Fsp3) is 0.600. The average molecular weight is 248 g/mol. The van der Waals surface area contributed by atoms with Gasteiger partial charge in [0.15, 0.2) is 0 Å². The van der Waals surface area contributed by atoms with Crippen molar-refractivity contribution in [3.8, 4) is 5.75 Å². The van der Waals surface area contributed by atoms with Gasteiger partial charge in [0.05, 0.1) is 0 Å². The highest BCUT2D eigenvalue weighted by atomic mass is 16.3. The number of phenols is 1. The third-order valence-electron chi connectivity index (χ3n) is 4.16. The monoisotopic (exact) mass is 248 g/mol. The van der Waals surface area contributed by atoms with Crippen molar-refractivity contribution in [1.82, 2.24) is 0 Å². The van der Waals surface area contributed by atoms with E-state index >= 15 is 0 Å². The van der Waals surface area contributed by atoms with Crippen molar-refractivity contribution in [2.45, 2.75) is 39.2 Å². The Balaban J connectivity index is 2.18. The van der Waals surface area contributed by atoms with E-state index in [1.807, 2.05) is 12.1 Å². The van der Waals surface area contributed by atoms with Crippen LogP contribution < -0.4 is 10.6 Å². The summed E-state index contributed by atoms with van der Waals surface area (Å²) in [5, 5.41) is 10.2. The summed E-state index contributed by atoms with van der Waals surface area (Å²) in [6, 6.07) is 5.90. The van der Waals surface area contributed by atoms with Gasteiger partial charge in [0.1, 0.15) is 5.75 Å². The zero-order valence-electron chi connectivity index (χ0n) is 11.4. The van der Waals surface area contributed by atoms with Crippen molar-refractivity contribution in [3.05, 3.63) is 23.8 Å². The second kappa shape index (κ2) is 5.61. The van der Waals surface area contributed by atoms with Crippen LogP contribution in [0.15, 0.2) is 18.2 Å². The minimum absolute atomic E-state index is 0.00972. The second-order valence-corrected chi connectivity index (χ2v) is 5.13. The molecule has 3 nitrogen and oxygen atoms in total. The maximum Gasteiger partial charge on any atom is 0.122 e. The summed E-state index contributed by atoms with van der Waals surface area (Å²) in [5.41, 5.74) is 8.19. The van der Waals surface area contributed by atoms with Crippen LogP contribution in [0.3, 0.4) is 0 Å². The minimum atomic E-state index is -0.00972. The van der Waals surface area contributed by atoms with E-state index in [0.29, 0.717) is 11.7 Å². The van der Waals surface area contributed by atoms with Gasteiger partial charge in [-0.15, -0.1) is 0 Å². The maximum absolute atomic E-state index is 10.2. The minimum Gasteiger partial charge on any atom is -0.508 e. The molecule has 100 valence electrons. The largest absolute Gasteiger partial charge is 0.508 e. The first-order valence-corrected chi connectivity index (χ1v) is 7.00. The van der Waals surface area contributed by atoms with E-state index < -0.39 is 0 Å². The molecule has 18 heavy (non-hydrogen) atoms. The van der Waals surface area contributed by atoms with E-state index in [0.717, 1.165) is 24.3 Å². The van der Waals surface area contributed by atoms with Crippen LogP contribution in [-0.4, -0.2) is 18.2 Å². The zero-order valence-corrected chi connectivity index (χ0v) is 11.4.